The number of carbonyl (C=O) groups excluding carboxylic acids is 1. The summed E-state index contributed by atoms with van der Waals surface area (Å²) >= 11 is 2.37. The minimum Gasteiger partial charge on any atom is -0.355 e. The van der Waals surface area contributed by atoms with Crippen LogP contribution in [0.5, 0.6) is 0 Å². The maximum absolute atomic E-state index is 13.2. The molecule has 0 radical (unpaired) electrons. The molecule has 0 heterocycles. The average molecular weight is 563 g/mol. The third-order valence-corrected chi connectivity index (χ3v) is 6.96. The van der Waals surface area contributed by atoms with E-state index in [2.05, 4.69) is 101 Å². The zero-order valence-corrected chi connectivity index (χ0v) is 21.0. The number of amides is 1. The minimum atomic E-state index is -0.298. The number of carbonyl (C=O) groups is 1. The molecule has 4 aromatic carbocycles. The van der Waals surface area contributed by atoms with Crippen molar-refractivity contribution in [3.05, 3.63) is 143 Å². The highest BCUT2D eigenvalue weighted by Gasteiger charge is 2.27. The van der Waals surface area contributed by atoms with Crippen LogP contribution < -0.4 is 5.32 Å². The van der Waals surface area contributed by atoms with Gasteiger partial charge in [-0.25, -0.2) is 4.39 Å². The lowest BCUT2D eigenvalue weighted by Gasteiger charge is -2.29. The van der Waals surface area contributed by atoms with Gasteiger partial charge >= 0.3 is 0 Å². The van der Waals surface area contributed by atoms with Crippen LogP contribution in [0.25, 0.3) is 0 Å². The molecule has 4 heteroatoms. The SMILES string of the molecule is O=C(Cc1ccc(F)cc1)NCC(c1ccc(CI)cc1)C(c1ccccc1)c1ccccc1. The molecule has 34 heavy (non-hydrogen) atoms. The molecule has 0 aliphatic rings. The summed E-state index contributed by atoms with van der Waals surface area (Å²) in [5.74, 6) is -0.239. The second-order valence-electron chi connectivity index (χ2n) is 8.39. The molecule has 0 aromatic heterocycles. The van der Waals surface area contributed by atoms with Gasteiger partial charge in [0.2, 0.25) is 5.91 Å². The average Bonchev–Trinajstić information content (AvgIpc) is 2.89. The molecule has 4 aromatic rings. The van der Waals surface area contributed by atoms with Gasteiger partial charge < -0.3 is 5.32 Å². The van der Waals surface area contributed by atoms with Crippen molar-refractivity contribution in [2.75, 3.05) is 6.54 Å². The summed E-state index contributed by atoms with van der Waals surface area (Å²) in [4.78, 5) is 12.8. The number of benzene rings is 4. The fourth-order valence-corrected chi connectivity index (χ4v) is 4.84. The van der Waals surface area contributed by atoms with E-state index in [-0.39, 0.29) is 30.0 Å². The van der Waals surface area contributed by atoms with Gasteiger partial charge in [-0.15, -0.1) is 0 Å². The Morgan fingerprint density at radius 2 is 1.24 bits per heavy atom. The maximum atomic E-state index is 13.2. The van der Waals surface area contributed by atoms with Crippen molar-refractivity contribution in [1.82, 2.24) is 5.32 Å². The first-order chi connectivity index (χ1) is 16.6. The van der Waals surface area contributed by atoms with Gasteiger partial charge in [-0.05, 0) is 39.9 Å². The Morgan fingerprint density at radius 1 is 0.706 bits per heavy atom. The normalized spacial score (nSPS) is 11.9. The third kappa shape index (κ3) is 6.32. The summed E-state index contributed by atoms with van der Waals surface area (Å²) in [7, 11) is 0. The highest BCUT2D eigenvalue weighted by atomic mass is 127. The standard InChI is InChI=1S/C30H27FINO/c31-27-17-13-22(14-18-27)19-29(34)33-21-28(24-15-11-23(20-32)12-16-24)30(25-7-3-1-4-8-25)26-9-5-2-6-10-26/h1-18,28,30H,19-21H2,(H,33,34). The van der Waals surface area contributed by atoms with Gasteiger partial charge in [-0.3, -0.25) is 4.79 Å². The zero-order valence-electron chi connectivity index (χ0n) is 18.8. The van der Waals surface area contributed by atoms with E-state index >= 15 is 0 Å². The zero-order chi connectivity index (χ0) is 23.8. The van der Waals surface area contributed by atoms with Crippen LogP contribution in [0.4, 0.5) is 4.39 Å². The molecule has 0 saturated heterocycles. The first-order valence-corrected chi connectivity index (χ1v) is 12.9. The van der Waals surface area contributed by atoms with Crippen molar-refractivity contribution in [3.63, 3.8) is 0 Å². The van der Waals surface area contributed by atoms with Gasteiger partial charge in [-0.1, -0.05) is 120 Å². The Labute approximate surface area is 214 Å². The van der Waals surface area contributed by atoms with Crippen LogP contribution in [-0.4, -0.2) is 12.5 Å². The molecule has 1 atom stereocenters. The molecule has 0 spiro atoms. The Bertz CT molecular complexity index is 1140. The Hall–Kier alpha value is -2.99. The molecule has 1 amide bonds. The number of hydrogen-bond acceptors (Lipinski definition) is 1. The Morgan fingerprint density at radius 3 is 1.76 bits per heavy atom. The molecule has 1 unspecified atom stereocenters. The molecule has 0 bridgehead atoms. The van der Waals surface area contributed by atoms with E-state index in [9.17, 15) is 9.18 Å². The summed E-state index contributed by atoms with van der Waals surface area (Å²) in [5, 5.41) is 3.16. The smallest absolute Gasteiger partial charge is 0.224 e. The lowest BCUT2D eigenvalue weighted by Crippen LogP contribution is -2.32. The Balaban J connectivity index is 1.64. The second kappa shape index (κ2) is 11.9. The van der Waals surface area contributed by atoms with Crippen LogP contribution in [0.2, 0.25) is 0 Å². The number of rotatable bonds is 9. The fraction of sp³-hybridized carbons (Fsp3) is 0.167. The van der Waals surface area contributed by atoms with Crippen LogP contribution in [0.3, 0.4) is 0 Å². The van der Waals surface area contributed by atoms with Crippen LogP contribution in [0.15, 0.2) is 109 Å². The van der Waals surface area contributed by atoms with Gasteiger partial charge in [0.05, 0.1) is 6.42 Å². The first kappa shape index (κ1) is 24.1. The van der Waals surface area contributed by atoms with Gasteiger partial charge in [0.15, 0.2) is 0 Å². The number of nitrogens with one attached hydrogen (secondary N) is 1. The topological polar surface area (TPSA) is 29.1 Å². The van der Waals surface area contributed by atoms with Crippen LogP contribution >= 0.6 is 22.6 Å². The van der Waals surface area contributed by atoms with Crippen molar-refractivity contribution in [1.29, 1.82) is 0 Å². The summed E-state index contributed by atoms with van der Waals surface area (Å²) in [6.45, 7) is 0.498. The second-order valence-corrected chi connectivity index (χ2v) is 9.15. The number of halogens is 2. The largest absolute Gasteiger partial charge is 0.355 e. The van der Waals surface area contributed by atoms with Crippen molar-refractivity contribution in [2.45, 2.75) is 22.7 Å². The molecular weight excluding hydrogens is 536 g/mol. The third-order valence-electron chi connectivity index (χ3n) is 6.08. The number of alkyl halides is 1. The lowest BCUT2D eigenvalue weighted by atomic mass is 9.77. The van der Waals surface area contributed by atoms with Crippen molar-refractivity contribution < 1.29 is 9.18 Å². The van der Waals surface area contributed by atoms with Gasteiger partial charge in [-0.2, -0.15) is 0 Å². The predicted octanol–water partition coefficient (Wildman–Crippen LogP) is 7.04. The van der Waals surface area contributed by atoms with Crippen molar-refractivity contribution >= 4 is 28.5 Å². The van der Waals surface area contributed by atoms with Crippen molar-refractivity contribution in [2.24, 2.45) is 0 Å². The van der Waals surface area contributed by atoms with E-state index in [1.807, 2.05) is 12.1 Å². The lowest BCUT2D eigenvalue weighted by molar-refractivity contribution is -0.120. The minimum absolute atomic E-state index is 0.0465. The van der Waals surface area contributed by atoms with Crippen LogP contribution in [0, 0.1) is 5.82 Å². The highest BCUT2D eigenvalue weighted by Crippen LogP contribution is 2.38. The van der Waals surface area contributed by atoms with Crippen molar-refractivity contribution in [3.8, 4) is 0 Å². The van der Waals surface area contributed by atoms with Crippen LogP contribution in [0.1, 0.15) is 39.7 Å². The summed E-state index contributed by atoms with van der Waals surface area (Å²) in [6.07, 6.45) is 0.224. The van der Waals surface area contributed by atoms with Gasteiger partial charge in [0.1, 0.15) is 5.82 Å². The summed E-state index contributed by atoms with van der Waals surface area (Å²) in [6, 6.07) is 35.7. The number of hydrogen-bond donors (Lipinski definition) is 1. The van der Waals surface area contributed by atoms with E-state index in [0.29, 0.717) is 6.54 Å². The monoisotopic (exact) mass is 563 g/mol. The van der Waals surface area contributed by atoms with E-state index in [1.165, 1.54) is 34.4 Å². The molecule has 0 aliphatic heterocycles. The van der Waals surface area contributed by atoms with E-state index in [4.69, 9.17) is 0 Å². The molecule has 0 saturated carbocycles. The van der Waals surface area contributed by atoms with E-state index < -0.39 is 0 Å². The summed E-state index contributed by atoms with van der Waals surface area (Å²) < 4.78 is 14.2. The van der Waals surface area contributed by atoms with Gasteiger partial charge in [0, 0.05) is 22.8 Å². The maximum Gasteiger partial charge on any atom is 0.224 e. The summed E-state index contributed by atoms with van der Waals surface area (Å²) in [5.41, 5.74) is 5.69. The quantitative estimate of drug-likeness (QED) is 0.172. The van der Waals surface area contributed by atoms with Crippen LogP contribution in [-0.2, 0) is 15.6 Å². The predicted molar refractivity (Wildman–Crippen MR) is 145 cm³/mol. The molecule has 4 rings (SSSR count). The van der Waals surface area contributed by atoms with E-state index in [1.54, 1.807) is 12.1 Å². The molecule has 1 N–H and O–H groups in total. The molecule has 172 valence electrons. The fourth-order valence-electron chi connectivity index (χ4n) is 4.33. The molecule has 0 fully saturated rings. The highest BCUT2D eigenvalue weighted by molar-refractivity contribution is 14.1. The Kier molecular flexibility index (Phi) is 8.47. The van der Waals surface area contributed by atoms with E-state index in [0.717, 1.165) is 9.99 Å². The molecule has 0 aliphatic carbocycles. The van der Waals surface area contributed by atoms with Gasteiger partial charge in [0.25, 0.3) is 0 Å². The molecular formula is C30H27FINO. The first-order valence-electron chi connectivity index (χ1n) is 11.4. The molecule has 2 nitrogen and oxygen atoms in total.